The molecule has 0 aliphatic carbocycles. The van der Waals surface area contributed by atoms with Crippen molar-refractivity contribution in [1.82, 2.24) is 4.98 Å². The predicted molar refractivity (Wildman–Crippen MR) is 59.7 cm³/mol. The number of nitrogens with zero attached hydrogens (tertiary/aromatic N) is 1. The van der Waals surface area contributed by atoms with Gasteiger partial charge >= 0.3 is 5.97 Å². The second-order valence-corrected chi connectivity index (χ2v) is 3.28. The van der Waals surface area contributed by atoms with Crippen molar-refractivity contribution >= 4 is 23.6 Å². The number of ether oxygens (including phenoxy) is 1. The molecule has 80 valence electrons. The van der Waals surface area contributed by atoms with Crippen molar-refractivity contribution in [3.8, 4) is 0 Å². The molecule has 0 spiro atoms. The number of carbonyl (C=O) groups excluding carboxylic acids is 1. The molecule has 0 fully saturated rings. The van der Waals surface area contributed by atoms with Crippen LogP contribution in [0.2, 0.25) is 5.15 Å². The molecule has 4 heteroatoms. The van der Waals surface area contributed by atoms with Crippen molar-refractivity contribution in [2.45, 2.75) is 13.8 Å². The zero-order valence-electron chi connectivity index (χ0n) is 8.66. The predicted octanol–water partition coefficient (Wildman–Crippen LogP) is 2.62. The quantitative estimate of drug-likeness (QED) is 0.451. The molecule has 1 rings (SSSR count). The van der Waals surface area contributed by atoms with E-state index in [1.807, 2.05) is 13.0 Å². The Kier molecular flexibility index (Phi) is 4.31. The van der Waals surface area contributed by atoms with Crippen LogP contribution in [0, 0.1) is 6.92 Å². The van der Waals surface area contributed by atoms with Crippen LogP contribution in [-0.2, 0) is 9.53 Å². The van der Waals surface area contributed by atoms with Gasteiger partial charge in [0.2, 0.25) is 0 Å². The third-order valence-electron chi connectivity index (χ3n) is 1.83. The molecule has 0 saturated heterocycles. The normalized spacial score (nSPS) is 10.6. The summed E-state index contributed by atoms with van der Waals surface area (Å²) >= 11 is 5.88. The van der Waals surface area contributed by atoms with E-state index >= 15 is 0 Å². The molecule has 0 bridgehead atoms. The highest BCUT2D eigenvalue weighted by molar-refractivity contribution is 6.31. The number of aromatic nitrogens is 1. The molecule has 0 radical (unpaired) electrons. The highest BCUT2D eigenvalue weighted by atomic mass is 35.5. The molecule has 0 N–H and O–H groups in total. The molecule has 0 atom stereocenters. The molecule has 0 unspecified atom stereocenters. The van der Waals surface area contributed by atoms with Gasteiger partial charge in [0.15, 0.2) is 0 Å². The fraction of sp³-hybridized carbons (Fsp3) is 0.273. The molecule has 0 aromatic carbocycles. The minimum atomic E-state index is -0.378. The maximum atomic E-state index is 11.1. The van der Waals surface area contributed by atoms with Gasteiger partial charge in [0.05, 0.1) is 6.61 Å². The van der Waals surface area contributed by atoms with Crippen molar-refractivity contribution in [1.29, 1.82) is 0 Å². The molecule has 1 heterocycles. The molecule has 0 aliphatic heterocycles. The Morgan fingerprint density at radius 3 is 3.00 bits per heavy atom. The average molecular weight is 226 g/mol. The van der Waals surface area contributed by atoms with E-state index in [1.54, 1.807) is 19.2 Å². The zero-order chi connectivity index (χ0) is 11.3. The molecular weight excluding hydrogens is 214 g/mol. The Balaban J connectivity index is 2.84. The van der Waals surface area contributed by atoms with Crippen molar-refractivity contribution in [3.05, 3.63) is 34.6 Å². The number of pyridine rings is 1. The maximum absolute atomic E-state index is 11.1. The second-order valence-electron chi connectivity index (χ2n) is 2.92. The lowest BCUT2D eigenvalue weighted by Crippen LogP contribution is -1.99. The second kappa shape index (κ2) is 5.51. The third-order valence-corrected chi connectivity index (χ3v) is 2.13. The van der Waals surface area contributed by atoms with E-state index in [0.717, 1.165) is 11.1 Å². The van der Waals surface area contributed by atoms with Gasteiger partial charge in [-0.25, -0.2) is 9.78 Å². The topological polar surface area (TPSA) is 39.2 Å². The SMILES string of the molecule is CCOC(=O)C=Cc1c(C)ccnc1Cl. The largest absolute Gasteiger partial charge is 0.463 e. The van der Waals surface area contributed by atoms with Gasteiger partial charge in [-0.15, -0.1) is 0 Å². The van der Waals surface area contributed by atoms with E-state index < -0.39 is 0 Å². The van der Waals surface area contributed by atoms with Crippen LogP contribution >= 0.6 is 11.6 Å². The first-order chi connectivity index (χ1) is 7.15. The van der Waals surface area contributed by atoms with Gasteiger partial charge < -0.3 is 4.74 Å². The van der Waals surface area contributed by atoms with E-state index in [2.05, 4.69) is 4.98 Å². The van der Waals surface area contributed by atoms with Crippen LogP contribution in [0.25, 0.3) is 6.08 Å². The number of hydrogen-bond donors (Lipinski definition) is 0. The number of esters is 1. The number of rotatable bonds is 3. The van der Waals surface area contributed by atoms with E-state index in [0.29, 0.717) is 11.8 Å². The van der Waals surface area contributed by atoms with Crippen molar-refractivity contribution in [2.24, 2.45) is 0 Å². The van der Waals surface area contributed by atoms with E-state index in [1.165, 1.54) is 6.08 Å². The lowest BCUT2D eigenvalue weighted by atomic mass is 10.1. The Morgan fingerprint density at radius 2 is 2.40 bits per heavy atom. The van der Waals surface area contributed by atoms with Crippen molar-refractivity contribution in [2.75, 3.05) is 6.61 Å². The fourth-order valence-corrected chi connectivity index (χ4v) is 1.35. The van der Waals surface area contributed by atoms with Gasteiger partial charge in [-0.3, -0.25) is 0 Å². The standard InChI is InChI=1S/C11H12ClNO2/c1-3-15-10(14)5-4-9-8(2)6-7-13-11(9)12/h4-7H,3H2,1-2H3. The van der Waals surface area contributed by atoms with Crippen molar-refractivity contribution in [3.63, 3.8) is 0 Å². The van der Waals surface area contributed by atoms with Crippen LogP contribution in [0.1, 0.15) is 18.1 Å². The summed E-state index contributed by atoms with van der Waals surface area (Å²) in [5.41, 5.74) is 1.71. The first-order valence-electron chi connectivity index (χ1n) is 4.61. The molecule has 15 heavy (non-hydrogen) atoms. The summed E-state index contributed by atoms with van der Waals surface area (Å²) in [6.45, 7) is 4.02. The van der Waals surface area contributed by atoms with Crippen LogP contribution in [-0.4, -0.2) is 17.6 Å². The average Bonchev–Trinajstić information content (AvgIpc) is 2.17. The lowest BCUT2D eigenvalue weighted by molar-refractivity contribution is -0.137. The van der Waals surface area contributed by atoms with Crippen LogP contribution in [0.5, 0.6) is 0 Å². The van der Waals surface area contributed by atoms with E-state index in [-0.39, 0.29) is 5.97 Å². The van der Waals surface area contributed by atoms with Gasteiger partial charge in [0.25, 0.3) is 0 Å². The summed E-state index contributed by atoms with van der Waals surface area (Å²) < 4.78 is 4.75. The molecular formula is C11H12ClNO2. The van der Waals surface area contributed by atoms with Crippen LogP contribution in [0.3, 0.4) is 0 Å². The Bertz CT molecular complexity index is 368. The van der Waals surface area contributed by atoms with Gasteiger partial charge in [0.1, 0.15) is 5.15 Å². The Hall–Kier alpha value is -1.35. The highest BCUT2D eigenvalue weighted by Gasteiger charge is 2.02. The molecule has 0 saturated carbocycles. The monoisotopic (exact) mass is 225 g/mol. The summed E-state index contributed by atoms with van der Waals surface area (Å²) in [7, 11) is 0. The lowest BCUT2D eigenvalue weighted by Gasteiger charge is -2.01. The van der Waals surface area contributed by atoms with Crippen molar-refractivity contribution < 1.29 is 9.53 Å². The van der Waals surface area contributed by atoms with E-state index in [4.69, 9.17) is 16.3 Å². The fourth-order valence-electron chi connectivity index (χ4n) is 1.08. The molecule has 0 aliphatic rings. The summed E-state index contributed by atoms with van der Waals surface area (Å²) in [6.07, 6.45) is 4.58. The Morgan fingerprint density at radius 1 is 1.67 bits per heavy atom. The smallest absolute Gasteiger partial charge is 0.330 e. The minimum absolute atomic E-state index is 0.364. The maximum Gasteiger partial charge on any atom is 0.330 e. The van der Waals surface area contributed by atoms with Gasteiger partial charge in [-0.2, -0.15) is 0 Å². The summed E-state index contributed by atoms with van der Waals surface area (Å²) in [4.78, 5) is 15.0. The van der Waals surface area contributed by atoms with Crippen LogP contribution < -0.4 is 0 Å². The Labute approximate surface area is 93.7 Å². The summed E-state index contributed by atoms with van der Waals surface area (Å²) in [6, 6.07) is 1.83. The van der Waals surface area contributed by atoms with Crippen LogP contribution in [0.15, 0.2) is 18.3 Å². The number of carbonyl (C=O) groups is 1. The first-order valence-corrected chi connectivity index (χ1v) is 4.99. The number of aryl methyl sites for hydroxylation is 1. The molecule has 1 aromatic rings. The minimum Gasteiger partial charge on any atom is -0.463 e. The molecule has 3 nitrogen and oxygen atoms in total. The zero-order valence-corrected chi connectivity index (χ0v) is 9.41. The third kappa shape index (κ3) is 3.36. The van der Waals surface area contributed by atoms with Gasteiger partial charge in [-0.05, 0) is 31.6 Å². The summed E-state index contributed by atoms with van der Waals surface area (Å²) in [5, 5.41) is 0.385. The summed E-state index contributed by atoms with van der Waals surface area (Å²) in [5.74, 6) is -0.378. The number of hydrogen-bond acceptors (Lipinski definition) is 3. The van der Waals surface area contributed by atoms with Crippen LogP contribution in [0.4, 0.5) is 0 Å². The first kappa shape index (κ1) is 11.7. The van der Waals surface area contributed by atoms with E-state index in [9.17, 15) is 4.79 Å². The molecule has 0 amide bonds. The van der Waals surface area contributed by atoms with Gasteiger partial charge in [-0.1, -0.05) is 11.6 Å². The van der Waals surface area contributed by atoms with Gasteiger partial charge in [0, 0.05) is 17.8 Å². The molecule has 1 aromatic heterocycles. The number of halogens is 1. The highest BCUT2D eigenvalue weighted by Crippen LogP contribution is 2.17.